The molecule has 94 valence electrons. The van der Waals surface area contributed by atoms with E-state index in [4.69, 9.17) is 11.6 Å². The Labute approximate surface area is 101 Å². The third-order valence-corrected chi connectivity index (χ3v) is 3.05. The normalized spacial score (nSPS) is 12.9. The number of halogens is 4. The van der Waals surface area contributed by atoms with Crippen LogP contribution in [0.1, 0.15) is 0 Å². The van der Waals surface area contributed by atoms with Crippen molar-refractivity contribution in [2.75, 3.05) is 0 Å². The topological polar surface area (TPSA) is 43.4 Å². The van der Waals surface area contributed by atoms with E-state index in [-0.39, 0.29) is 11.2 Å². The van der Waals surface area contributed by atoms with Crippen LogP contribution in [-0.4, -0.2) is 14.8 Å². The van der Waals surface area contributed by atoms with Gasteiger partial charge in [-0.05, 0) is 24.3 Å². The lowest BCUT2D eigenvalue weighted by molar-refractivity contribution is 0.154. The molecule has 0 spiro atoms. The van der Waals surface area contributed by atoms with Crippen LogP contribution in [0.5, 0.6) is 0 Å². The van der Waals surface area contributed by atoms with Crippen molar-refractivity contribution in [3.63, 3.8) is 0 Å². The largest absolute Gasteiger partial charge is 0.384 e. The van der Waals surface area contributed by atoms with Gasteiger partial charge in [-0.25, -0.2) is 13.2 Å². The molecule has 0 amide bonds. The summed E-state index contributed by atoms with van der Waals surface area (Å²) in [5.74, 6) is -1.97. The highest BCUT2D eigenvalue weighted by atomic mass is 35.5. The summed E-state index contributed by atoms with van der Waals surface area (Å²) in [6.45, 7) is 0. The minimum atomic E-state index is -4.31. The summed E-state index contributed by atoms with van der Waals surface area (Å²) in [6, 6.07) is 4.74. The van der Waals surface area contributed by atoms with Gasteiger partial charge in [0, 0.05) is 5.02 Å². The van der Waals surface area contributed by atoms with Gasteiger partial charge in [0.05, 0.1) is 0 Å². The molecule has 0 saturated heterocycles. The molecular formula is C9H6ClF3O3S. The van der Waals surface area contributed by atoms with Crippen LogP contribution in [0.15, 0.2) is 41.2 Å². The summed E-state index contributed by atoms with van der Waals surface area (Å²) >= 11 is 5.52. The van der Waals surface area contributed by atoms with E-state index < -0.39 is 22.4 Å². The van der Waals surface area contributed by atoms with E-state index in [2.05, 4.69) is 4.18 Å². The van der Waals surface area contributed by atoms with Gasteiger partial charge in [-0.3, -0.25) is 0 Å². The minimum absolute atomic E-state index is 0.144. The van der Waals surface area contributed by atoms with Crippen LogP contribution in [0.25, 0.3) is 0 Å². The monoisotopic (exact) mass is 286 g/mol. The second kappa shape index (κ2) is 5.42. The van der Waals surface area contributed by atoms with Crippen molar-refractivity contribution in [3.8, 4) is 0 Å². The van der Waals surface area contributed by atoms with Crippen LogP contribution in [0, 0.1) is 0 Å². The highest BCUT2D eigenvalue weighted by Crippen LogP contribution is 2.18. The summed E-state index contributed by atoms with van der Waals surface area (Å²) < 4.78 is 62.5. The van der Waals surface area contributed by atoms with E-state index in [1.807, 2.05) is 0 Å². The first kappa shape index (κ1) is 13.9. The van der Waals surface area contributed by atoms with Gasteiger partial charge in [-0.2, -0.15) is 8.42 Å². The molecule has 0 aromatic heterocycles. The van der Waals surface area contributed by atoms with Crippen LogP contribution in [0.3, 0.4) is 0 Å². The Morgan fingerprint density at radius 2 is 1.82 bits per heavy atom. The first-order valence-electron chi connectivity index (χ1n) is 4.15. The van der Waals surface area contributed by atoms with Gasteiger partial charge in [0.2, 0.25) is 5.83 Å². The van der Waals surface area contributed by atoms with E-state index >= 15 is 0 Å². The first-order chi connectivity index (χ1) is 7.83. The molecule has 0 atom stereocenters. The number of hydrogen-bond donors (Lipinski definition) is 0. The molecule has 1 aromatic rings. The Morgan fingerprint density at radius 1 is 1.29 bits per heavy atom. The maximum Gasteiger partial charge on any atom is 0.338 e. The highest BCUT2D eigenvalue weighted by Gasteiger charge is 2.17. The maximum absolute atomic E-state index is 12.3. The van der Waals surface area contributed by atoms with Gasteiger partial charge >= 0.3 is 10.1 Å². The van der Waals surface area contributed by atoms with Gasteiger partial charge < -0.3 is 4.18 Å². The molecule has 0 saturated carbocycles. The summed E-state index contributed by atoms with van der Waals surface area (Å²) in [4.78, 5) is -0.319. The van der Waals surface area contributed by atoms with Crippen LogP contribution in [0.4, 0.5) is 13.2 Å². The average Bonchev–Trinajstić information content (AvgIpc) is 2.26. The maximum atomic E-state index is 12.3. The molecule has 0 aliphatic heterocycles. The third-order valence-electron chi connectivity index (χ3n) is 1.60. The number of allylic oxidation sites excluding steroid dienone is 1. The van der Waals surface area contributed by atoms with Crippen molar-refractivity contribution in [3.05, 3.63) is 41.4 Å². The molecule has 0 unspecified atom stereocenters. The lowest BCUT2D eigenvalue weighted by Gasteiger charge is -2.03. The van der Waals surface area contributed by atoms with Crippen molar-refractivity contribution in [2.45, 2.75) is 11.3 Å². The third kappa shape index (κ3) is 3.94. The Morgan fingerprint density at radius 3 is 2.29 bits per heavy atom. The molecule has 1 aromatic carbocycles. The van der Waals surface area contributed by atoms with E-state index in [9.17, 15) is 21.6 Å². The summed E-state index contributed by atoms with van der Waals surface area (Å²) in [5, 5.41) is 0.290. The van der Waals surface area contributed by atoms with E-state index in [0.29, 0.717) is 5.02 Å². The van der Waals surface area contributed by atoms with Crippen LogP contribution >= 0.6 is 11.6 Å². The van der Waals surface area contributed by atoms with Gasteiger partial charge in [-0.15, -0.1) is 0 Å². The van der Waals surface area contributed by atoms with Crippen molar-refractivity contribution in [1.82, 2.24) is 0 Å². The lowest BCUT2D eigenvalue weighted by atomic mass is 10.4. The van der Waals surface area contributed by atoms with Crippen molar-refractivity contribution in [1.29, 1.82) is 0 Å². The van der Waals surface area contributed by atoms with Gasteiger partial charge in [0.1, 0.15) is 11.2 Å². The summed E-state index contributed by atoms with van der Waals surface area (Å²) in [6.07, 6.45) is -3.57. The van der Waals surface area contributed by atoms with E-state index in [1.165, 1.54) is 12.1 Å². The molecule has 8 heteroatoms. The number of alkyl halides is 2. The highest BCUT2D eigenvalue weighted by molar-refractivity contribution is 7.86. The zero-order valence-electron chi connectivity index (χ0n) is 8.11. The van der Waals surface area contributed by atoms with Crippen molar-refractivity contribution >= 4 is 21.7 Å². The molecule has 1 rings (SSSR count). The Hall–Kier alpha value is -1.21. The Kier molecular flexibility index (Phi) is 4.41. The fraction of sp³-hybridized carbons (Fsp3) is 0.111. The smallest absolute Gasteiger partial charge is 0.338 e. The molecule has 0 fully saturated rings. The summed E-state index contributed by atoms with van der Waals surface area (Å²) in [7, 11) is -4.31. The molecule has 0 radical (unpaired) electrons. The second-order valence-corrected chi connectivity index (χ2v) is 4.82. The molecule has 0 N–H and O–H groups in total. The van der Waals surface area contributed by atoms with Gasteiger partial charge in [-0.1, -0.05) is 11.6 Å². The van der Waals surface area contributed by atoms with Crippen LogP contribution < -0.4 is 0 Å². The fourth-order valence-electron chi connectivity index (χ4n) is 0.818. The second-order valence-electron chi connectivity index (χ2n) is 2.81. The fourth-order valence-corrected chi connectivity index (χ4v) is 1.74. The molecule has 0 bridgehead atoms. The zero-order chi connectivity index (χ0) is 13.1. The molecule has 3 nitrogen and oxygen atoms in total. The van der Waals surface area contributed by atoms with Crippen molar-refractivity contribution < 1.29 is 25.8 Å². The number of benzene rings is 1. The lowest BCUT2D eigenvalue weighted by Crippen LogP contribution is -2.03. The SMILES string of the molecule is O=S(=O)(O/C=C(\F)C(F)F)c1ccc(Cl)cc1. The van der Waals surface area contributed by atoms with E-state index in [0.717, 1.165) is 12.1 Å². The van der Waals surface area contributed by atoms with Crippen LogP contribution in [-0.2, 0) is 14.3 Å². The molecule has 0 aliphatic rings. The molecule has 0 heterocycles. The zero-order valence-corrected chi connectivity index (χ0v) is 9.68. The molecule has 17 heavy (non-hydrogen) atoms. The molecule has 0 aliphatic carbocycles. The Bertz CT molecular complexity index is 511. The summed E-state index contributed by atoms with van der Waals surface area (Å²) in [5.41, 5.74) is 0. The first-order valence-corrected chi connectivity index (χ1v) is 5.94. The van der Waals surface area contributed by atoms with Crippen LogP contribution in [0.2, 0.25) is 5.02 Å². The van der Waals surface area contributed by atoms with Gasteiger partial charge in [0.15, 0.2) is 0 Å². The number of rotatable bonds is 4. The van der Waals surface area contributed by atoms with E-state index in [1.54, 1.807) is 0 Å². The predicted octanol–water partition coefficient (Wildman–Crippen LogP) is 3.12. The standard InChI is InChI=1S/C9H6ClF3O3S/c10-6-1-3-7(4-2-6)17(14,15)16-5-8(11)9(12)13/h1-5,9H/b8-5-. The average molecular weight is 287 g/mol. The number of hydrogen-bond acceptors (Lipinski definition) is 3. The quantitative estimate of drug-likeness (QED) is 0.631. The Balaban J connectivity index is 2.90. The van der Waals surface area contributed by atoms with Crippen molar-refractivity contribution in [2.24, 2.45) is 0 Å². The molecular weight excluding hydrogens is 281 g/mol. The van der Waals surface area contributed by atoms with Gasteiger partial charge in [0.25, 0.3) is 6.43 Å². The minimum Gasteiger partial charge on any atom is -0.384 e. The predicted molar refractivity (Wildman–Crippen MR) is 54.9 cm³/mol.